The molecule has 1 aromatic rings. The summed E-state index contributed by atoms with van der Waals surface area (Å²) in [6.07, 6.45) is 2.87. The van der Waals surface area contributed by atoms with E-state index >= 15 is 0 Å². The van der Waals surface area contributed by atoms with E-state index in [2.05, 4.69) is 11.1 Å². The summed E-state index contributed by atoms with van der Waals surface area (Å²) in [4.78, 5) is 4.10. The van der Waals surface area contributed by atoms with Crippen LogP contribution in [0.3, 0.4) is 0 Å². The van der Waals surface area contributed by atoms with E-state index in [1.807, 2.05) is 18.2 Å². The molecule has 1 heterocycles. The number of nitriles is 1. The van der Waals surface area contributed by atoms with Gasteiger partial charge in [-0.3, -0.25) is 4.98 Å². The first-order valence-electron chi connectivity index (χ1n) is 3.88. The molecule has 3 heteroatoms. The molecule has 1 atom stereocenters. The highest BCUT2D eigenvalue weighted by Crippen LogP contribution is 2.11. The molecule has 12 heavy (non-hydrogen) atoms. The van der Waals surface area contributed by atoms with Gasteiger partial charge in [0.1, 0.15) is 0 Å². The van der Waals surface area contributed by atoms with E-state index in [1.165, 1.54) is 0 Å². The van der Waals surface area contributed by atoms with E-state index in [-0.39, 0.29) is 6.04 Å². The molecule has 0 aliphatic heterocycles. The Balaban J connectivity index is 2.55. The van der Waals surface area contributed by atoms with Gasteiger partial charge in [0.15, 0.2) is 0 Å². The number of pyridine rings is 1. The third-order valence-corrected chi connectivity index (χ3v) is 1.63. The molecule has 0 spiro atoms. The van der Waals surface area contributed by atoms with Gasteiger partial charge in [-0.05, 0) is 18.6 Å². The quantitative estimate of drug-likeness (QED) is 0.728. The molecule has 0 aliphatic rings. The van der Waals surface area contributed by atoms with Crippen molar-refractivity contribution in [1.82, 2.24) is 4.98 Å². The van der Waals surface area contributed by atoms with E-state index in [0.29, 0.717) is 12.8 Å². The van der Waals surface area contributed by atoms with Crippen LogP contribution in [0.15, 0.2) is 24.4 Å². The average molecular weight is 161 g/mol. The van der Waals surface area contributed by atoms with Gasteiger partial charge in [0, 0.05) is 18.7 Å². The minimum absolute atomic E-state index is 0.106. The third-order valence-electron chi connectivity index (χ3n) is 1.63. The maximum absolute atomic E-state index is 8.34. The zero-order valence-electron chi connectivity index (χ0n) is 6.77. The highest BCUT2D eigenvalue weighted by Gasteiger charge is 2.04. The molecule has 1 aromatic heterocycles. The first-order chi connectivity index (χ1) is 5.84. The lowest BCUT2D eigenvalue weighted by Crippen LogP contribution is -2.11. The van der Waals surface area contributed by atoms with E-state index in [9.17, 15) is 0 Å². The number of aromatic nitrogens is 1. The number of hydrogen-bond acceptors (Lipinski definition) is 3. The Morgan fingerprint density at radius 2 is 2.42 bits per heavy atom. The second kappa shape index (κ2) is 4.47. The van der Waals surface area contributed by atoms with Gasteiger partial charge >= 0.3 is 0 Å². The lowest BCUT2D eigenvalue weighted by atomic mass is 10.1. The second-order valence-electron chi connectivity index (χ2n) is 2.56. The van der Waals surface area contributed by atoms with Crippen molar-refractivity contribution in [1.29, 1.82) is 5.26 Å². The zero-order chi connectivity index (χ0) is 8.81. The summed E-state index contributed by atoms with van der Waals surface area (Å²) in [5.74, 6) is 0. The predicted molar refractivity (Wildman–Crippen MR) is 46.0 cm³/mol. The fourth-order valence-corrected chi connectivity index (χ4v) is 0.963. The Bertz CT molecular complexity index is 263. The number of nitrogens with zero attached hydrogens (tertiary/aromatic N) is 2. The molecule has 0 saturated heterocycles. The molecule has 2 N–H and O–H groups in total. The summed E-state index contributed by atoms with van der Waals surface area (Å²) in [6, 6.07) is 7.58. The molecule has 0 bridgehead atoms. The molecule has 0 saturated carbocycles. The Hall–Kier alpha value is -1.40. The standard InChI is InChI=1S/C9H11N3/c10-6-3-4-8(11)9-5-1-2-7-12-9/h1-2,5,7-8H,3-4,11H2. The van der Waals surface area contributed by atoms with Crippen molar-refractivity contribution in [2.45, 2.75) is 18.9 Å². The monoisotopic (exact) mass is 161 g/mol. The summed E-state index contributed by atoms with van der Waals surface area (Å²) in [5, 5.41) is 8.34. The first-order valence-corrected chi connectivity index (χ1v) is 3.88. The van der Waals surface area contributed by atoms with Gasteiger partial charge in [0.2, 0.25) is 0 Å². The van der Waals surface area contributed by atoms with Gasteiger partial charge in [0.25, 0.3) is 0 Å². The summed E-state index contributed by atoms with van der Waals surface area (Å²) < 4.78 is 0. The van der Waals surface area contributed by atoms with Crippen molar-refractivity contribution < 1.29 is 0 Å². The van der Waals surface area contributed by atoms with Crippen molar-refractivity contribution in [2.75, 3.05) is 0 Å². The molecule has 0 fully saturated rings. The number of nitrogens with two attached hydrogens (primary N) is 1. The van der Waals surface area contributed by atoms with Crippen LogP contribution in [-0.2, 0) is 0 Å². The van der Waals surface area contributed by atoms with Gasteiger partial charge in [-0.25, -0.2) is 0 Å². The Morgan fingerprint density at radius 1 is 1.58 bits per heavy atom. The van der Waals surface area contributed by atoms with Crippen LogP contribution in [-0.4, -0.2) is 4.98 Å². The van der Waals surface area contributed by atoms with Crippen LogP contribution in [0.4, 0.5) is 0 Å². The summed E-state index contributed by atoms with van der Waals surface area (Å²) in [6.45, 7) is 0. The third kappa shape index (κ3) is 2.33. The second-order valence-corrected chi connectivity index (χ2v) is 2.56. The molecule has 3 nitrogen and oxygen atoms in total. The molecular formula is C9H11N3. The molecule has 0 radical (unpaired) electrons. The molecule has 0 aliphatic carbocycles. The summed E-state index contributed by atoms with van der Waals surface area (Å²) >= 11 is 0. The fourth-order valence-electron chi connectivity index (χ4n) is 0.963. The van der Waals surface area contributed by atoms with Crippen LogP contribution in [0.5, 0.6) is 0 Å². The van der Waals surface area contributed by atoms with Gasteiger partial charge in [-0.2, -0.15) is 5.26 Å². The summed E-state index contributed by atoms with van der Waals surface area (Å²) in [5.41, 5.74) is 6.62. The molecule has 1 unspecified atom stereocenters. The van der Waals surface area contributed by atoms with Crippen molar-refractivity contribution >= 4 is 0 Å². The topological polar surface area (TPSA) is 62.7 Å². The Kier molecular flexibility index (Phi) is 3.24. The lowest BCUT2D eigenvalue weighted by molar-refractivity contribution is 0.646. The van der Waals surface area contributed by atoms with E-state index in [0.717, 1.165) is 5.69 Å². The molecule has 62 valence electrons. The Labute approximate surface area is 71.8 Å². The smallest absolute Gasteiger partial charge is 0.0622 e. The Morgan fingerprint density at radius 3 is 3.00 bits per heavy atom. The van der Waals surface area contributed by atoms with Crippen LogP contribution in [0.2, 0.25) is 0 Å². The van der Waals surface area contributed by atoms with Crippen molar-refractivity contribution in [2.24, 2.45) is 5.73 Å². The van der Waals surface area contributed by atoms with Crippen LogP contribution in [0, 0.1) is 11.3 Å². The van der Waals surface area contributed by atoms with E-state index in [1.54, 1.807) is 6.20 Å². The molecular weight excluding hydrogens is 150 g/mol. The average Bonchev–Trinajstić information content (AvgIpc) is 2.15. The van der Waals surface area contributed by atoms with Crippen LogP contribution < -0.4 is 5.73 Å². The van der Waals surface area contributed by atoms with Crippen molar-refractivity contribution in [3.63, 3.8) is 0 Å². The highest BCUT2D eigenvalue weighted by molar-refractivity contribution is 5.07. The number of rotatable bonds is 3. The predicted octanol–water partition coefficient (Wildman–Crippen LogP) is 1.39. The minimum Gasteiger partial charge on any atom is -0.323 e. The first kappa shape index (κ1) is 8.69. The van der Waals surface area contributed by atoms with Gasteiger partial charge in [0.05, 0.1) is 11.8 Å². The molecule has 0 aromatic carbocycles. The SMILES string of the molecule is N#CCCC(N)c1ccccn1. The maximum Gasteiger partial charge on any atom is 0.0622 e. The fraction of sp³-hybridized carbons (Fsp3) is 0.333. The highest BCUT2D eigenvalue weighted by atomic mass is 14.8. The molecule has 1 rings (SSSR count). The molecule has 0 amide bonds. The lowest BCUT2D eigenvalue weighted by Gasteiger charge is -2.07. The number of hydrogen-bond donors (Lipinski definition) is 1. The maximum atomic E-state index is 8.34. The van der Waals surface area contributed by atoms with E-state index in [4.69, 9.17) is 11.0 Å². The van der Waals surface area contributed by atoms with Crippen LogP contribution in [0.1, 0.15) is 24.6 Å². The van der Waals surface area contributed by atoms with Crippen molar-refractivity contribution in [3.05, 3.63) is 30.1 Å². The minimum atomic E-state index is -0.106. The zero-order valence-corrected chi connectivity index (χ0v) is 6.77. The van der Waals surface area contributed by atoms with Gasteiger partial charge < -0.3 is 5.73 Å². The van der Waals surface area contributed by atoms with Crippen molar-refractivity contribution in [3.8, 4) is 6.07 Å². The van der Waals surface area contributed by atoms with Gasteiger partial charge in [-0.1, -0.05) is 6.07 Å². The van der Waals surface area contributed by atoms with Crippen LogP contribution >= 0.6 is 0 Å². The largest absolute Gasteiger partial charge is 0.323 e. The van der Waals surface area contributed by atoms with Crippen LogP contribution in [0.25, 0.3) is 0 Å². The normalized spacial score (nSPS) is 12.0. The summed E-state index contributed by atoms with van der Waals surface area (Å²) in [7, 11) is 0. The van der Waals surface area contributed by atoms with E-state index < -0.39 is 0 Å². The van der Waals surface area contributed by atoms with Gasteiger partial charge in [-0.15, -0.1) is 0 Å².